The lowest BCUT2D eigenvalue weighted by Crippen LogP contribution is -2.37. The number of rotatable bonds is 1. The molecule has 0 bridgehead atoms. The molecular formula is C17H23N3O3S. The van der Waals surface area contributed by atoms with Gasteiger partial charge in [0.15, 0.2) is 0 Å². The highest BCUT2D eigenvalue weighted by Gasteiger charge is 2.32. The quantitative estimate of drug-likeness (QED) is 0.773. The van der Waals surface area contributed by atoms with Gasteiger partial charge in [0.2, 0.25) is 0 Å². The van der Waals surface area contributed by atoms with E-state index in [0.717, 1.165) is 19.5 Å². The smallest absolute Gasteiger partial charge is 0.261 e. The molecule has 2 aromatic rings. The van der Waals surface area contributed by atoms with E-state index in [0.29, 0.717) is 12.4 Å². The topological polar surface area (TPSA) is 74.6 Å². The number of nitrogens with one attached hydrogen (secondary N) is 1. The zero-order chi connectivity index (χ0) is 17.5. The SMILES string of the molecule is CCn1c2c(c3ccccc31)CCN1C2=CNC1C.CS(=O)(=O)O. The van der Waals surface area contributed by atoms with Crippen molar-refractivity contribution in [3.05, 3.63) is 41.7 Å². The van der Waals surface area contributed by atoms with Gasteiger partial charge >= 0.3 is 0 Å². The number of para-hydroxylation sites is 1. The number of aryl methyl sites for hydroxylation is 1. The van der Waals surface area contributed by atoms with Crippen molar-refractivity contribution in [1.82, 2.24) is 14.8 Å². The van der Waals surface area contributed by atoms with Crippen LogP contribution in [0.2, 0.25) is 0 Å². The van der Waals surface area contributed by atoms with Crippen LogP contribution in [0.4, 0.5) is 0 Å². The number of hydrogen-bond donors (Lipinski definition) is 2. The summed E-state index contributed by atoms with van der Waals surface area (Å²) in [5, 5.41) is 4.88. The molecule has 0 saturated carbocycles. The number of fused-ring (bicyclic) bond motifs is 5. The minimum absolute atomic E-state index is 0.423. The Balaban J connectivity index is 0.000000300. The van der Waals surface area contributed by atoms with Crippen LogP contribution in [0.5, 0.6) is 0 Å². The first kappa shape index (κ1) is 16.9. The van der Waals surface area contributed by atoms with Crippen molar-refractivity contribution in [3.63, 3.8) is 0 Å². The van der Waals surface area contributed by atoms with Gasteiger partial charge in [-0.1, -0.05) is 18.2 Å². The second kappa shape index (κ2) is 6.14. The van der Waals surface area contributed by atoms with Gasteiger partial charge in [-0.3, -0.25) is 4.55 Å². The third-order valence-electron chi connectivity index (χ3n) is 4.48. The molecule has 0 saturated heterocycles. The Bertz CT molecular complexity index is 858. The van der Waals surface area contributed by atoms with Crippen molar-refractivity contribution < 1.29 is 13.0 Å². The third kappa shape index (κ3) is 3.01. The first-order valence-corrected chi connectivity index (χ1v) is 9.92. The maximum atomic E-state index is 9.19. The van der Waals surface area contributed by atoms with E-state index in [2.05, 4.69) is 59.1 Å². The molecule has 2 N–H and O–H groups in total. The third-order valence-corrected chi connectivity index (χ3v) is 4.48. The second-order valence-electron chi connectivity index (χ2n) is 6.14. The summed E-state index contributed by atoms with van der Waals surface area (Å²) in [5.41, 5.74) is 5.69. The number of benzene rings is 1. The van der Waals surface area contributed by atoms with Crippen LogP contribution in [-0.2, 0) is 23.1 Å². The second-order valence-corrected chi connectivity index (χ2v) is 7.60. The summed E-state index contributed by atoms with van der Waals surface area (Å²) >= 11 is 0. The van der Waals surface area contributed by atoms with Crippen LogP contribution < -0.4 is 5.32 Å². The van der Waals surface area contributed by atoms with E-state index in [9.17, 15) is 8.42 Å². The van der Waals surface area contributed by atoms with Crippen LogP contribution in [-0.4, -0.2) is 41.4 Å². The zero-order valence-corrected chi connectivity index (χ0v) is 15.0. The summed E-state index contributed by atoms with van der Waals surface area (Å²) < 4.78 is 28.3. The van der Waals surface area contributed by atoms with E-state index < -0.39 is 10.1 Å². The standard InChI is InChI=1S/C16H19N3.CH4O3S/c1-3-18-14-7-5-4-6-12(14)13-8-9-19-11(2)17-10-15(19)16(13)18;1-5(2,3)4/h4-7,10-11,17H,3,8-9H2,1-2H3;1H3,(H,2,3,4). The van der Waals surface area contributed by atoms with Crippen LogP contribution in [0.25, 0.3) is 16.6 Å². The van der Waals surface area contributed by atoms with Gasteiger partial charge in [-0.2, -0.15) is 8.42 Å². The van der Waals surface area contributed by atoms with Gasteiger partial charge in [0.05, 0.1) is 23.8 Å². The lowest BCUT2D eigenvalue weighted by atomic mass is 10.0. The molecule has 0 amide bonds. The number of nitrogens with zero attached hydrogens (tertiary/aromatic N) is 2. The normalized spacial score (nSPS) is 19.1. The highest BCUT2D eigenvalue weighted by atomic mass is 32.2. The van der Waals surface area contributed by atoms with E-state index in [1.54, 1.807) is 0 Å². The number of aromatic nitrogens is 1. The molecule has 130 valence electrons. The van der Waals surface area contributed by atoms with E-state index in [-0.39, 0.29) is 0 Å². The Morgan fingerprint density at radius 3 is 2.67 bits per heavy atom. The van der Waals surface area contributed by atoms with Gasteiger partial charge in [-0.15, -0.1) is 0 Å². The summed E-state index contributed by atoms with van der Waals surface area (Å²) in [6.07, 6.45) is 4.47. The Morgan fingerprint density at radius 2 is 2.00 bits per heavy atom. The average molecular weight is 349 g/mol. The molecule has 0 fully saturated rings. The van der Waals surface area contributed by atoms with Gasteiger partial charge in [-0.25, -0.2) is 0 Å². The fraction of sp³-hybridized carbons (Fsp3) is 0.412. The fourth-order valence-corrected chi connectivity index (χ4v) is 3.58. The summed E-state index contributed by atoms with van der Waals surface area (Å²) in [6, 6.07) is 8.80. The summed E-state index contributed by atoms with van der Waals surface area (Å²) in [4.78, 5) is 2.48. The largest absolute Gasteiger partial charge is 0.370 e. The van der Waals surface area contributed by atoms with Gasteiger partial charge in [0.1, 0.15) is 0 Å². The van der Waals surface area contributed by atoms with Gasteiger partial charge in [0, 0.05) is 30.2 Å². The predicted octanol–water partition coefficient (Wildman–Crippen LogP) is 2.27. The maximum Gasteiger partial charge on any atom is 0.261 e. The van der Waals surface area contributed by atoms with Gasteiger partial charge in [0.25, 0.3) is 10.1 Å². The maximum absolute atomic E-state index is 9.19. The average Bonchev–Trinajstić information content (AvgIpc) is 3.04. The Hall–Kier alpha value is -1.99. The van der Waals surface area contributed by atoms with Crippen molar-refractivity contribution >= 4 is 26.7 Å². The molecule has 4 rings (SSSR count). The molecule has 0 spiro atoms. The molecule has 7 heteroatoms. The predicted molar refractivity (Wildman–Crippen MR) is 96.1 cm³/mol. The molecule has 0 aliphatic carbocycles. The highest BCUT2D eigenvalue weighted by Crippen LogP contribution is 2.38. The van der Waals surface area contributed by atoms with Crippen LogP contribution >= 0.6 is 0 Å². The Kier molecular flexibility index (Phi) is 4.31. The zero-order valence-electron chi connectivity index (χ0n) is 14.2. The molecule has 1 atom stereocenters. The van der Waals surface area contributed by atoms with Crippen molar-refractivity contribution in [2.75, 3.05) is 12.8 Å². The molecular weight excluding hydrogens is 326 g/mol. The Morgan fingerprint density at radius 1 is 1.33 bits per heavy atom. The van der Waals surface area contributed by atoms with Crippen molar-refractivity contribution in [2.24, 2.45) is 0 Å². The van der Waals surface area contributed by atoms with Crippen molar-refractivity contribution in [3.8, 4) is 0 Å². The lowest BCUT2D eigenvalue weighted by molar-refractivity contribution is 0.307. The highest BCUT2D eigenvalue weighted by molar-refractivity contribution is 7.85. The fourth-order valence-electron chi connectivity index (χ4n) is 3.58. The molecule has 1 aromatic heterocycles. The molecule has 1 unspecified atom stereocenters. The van der Waals surface area contributed by atoms with Gasteiger partial charge < -0.3 is 14.8 Å². The molecule has 2 aliphatic heterocycles. The molecule has 2 aliphatic rings. The van der Waals surface area contributed by atoms with Crippen molar-refractivity contribution in [2.45, 2.75) is 33.0 Å². The van der Waals surface area contributed by atoms with E-state index in [4.69, 9.17) is 4.55 Å². The van der Waals surface area contributed by atoms with Gasteiger partial charge in [-0.05, 0) is 31.9 Å². The van der Waals surface area contributed by atoms with E-state index in [1.807, 2.05) is 0 Å². The minimum Gasteiger partial charge on any atom is -0.370 e. The first-order chi connectivity index (χ1) is 11.3. The van der Waals surface area contributed by atoms with E-state index >= 15 is 0 Å². The molecule has 1 aromatic carbocycles. The summed E-state index contributed by atoms with van der Waals surface area (Å²) in [6.45, 7) is 6.60. The van der Waals surface area contributed by atoms with Crippen molar-refractivity contribution in [1.29, 1.82) is 0 Å². The summed E-state index contributed by atoms with van der Waals surface area (Å²) in [5.74, 6) is 0. The minimum atomic E-state index is -3.67. The summed E-state index contributed by atoms with van der Waals surface area (Å²) in [7, 11) is -3.67. The monoisotopic (exact) mass is 349 g/mol. The first-order valence-electron chi connectivity index (χ1n) is 8.07. The molecule has 0 radical (unpaired) electrons. The molecule has 24 heavy (non-hydrogen) atoms. The molecule has 6 nitrogen and oxygen atoms in total. The number of hydrogen-bond acceptors (Lipinski definition) is 4. The van der Waals surface area contributed by atoms with Crippen LogP contribution in [0.3, 0.4) is 0 Å². The van der Waals surface area contributed by atoms with Crippen LogP contribution in [0.15, 0.2) is 30.5 Å². The van der Waals surface area contributed by atoms with Crippen LogP contribution in [0.1, 0.15) is 25.1 Å². The van der Waals surface area contributed by atoms with E-state index in [1.165, 1.54) is 27.9 Å². The Labute approximate surface area is 142 Å². The van der Waals surface area contributed by atoms with Crippen LogP contribution in [0, 0.1) is 0 Å². The lowest BCUT2D eigenvalue weighted by Gasteiger charge is -2.31. The molecule has 3 heterocycles.